The van der Waals surface area contributed by atoms with Gasteiger partial charge in [0.1, 0.15) is 21.9 Å². The Hall–Kier alpha value is -4.16. The number of halogens is 1. The topological polar surface area (TPSA) is 137 Å². The van der Waals surface area contributed by atoms with Gasteiger partial charge < -0.3 is 14.8 Å². The van der Waals surface area contributed by atoms with E-state index in [-0.39, 0.29) is 27.7 Å². The van der Waals surface area contributed by atoms with Gasteiger partial charge in [-0.05, 0) is 73.9 Å². The zero-order valence-corrected chi connectivity index (χ0v) is 29.6. The maximum atomic E-state index is 13.7. The van der Waals surface area contributed by atoms with Gasteiger partial charge >= 0.3 is 12.2 Å². The van der Waals surface area contributed by atoms with Gasteiger partial charge in [0.05, 0.1) is 23.5 Å². The first-order chi connectivity index (χ1) is 21.6. The van der Waals surface area contributed by atoms with Gasteiger partial charge in [-0.1, -0.05) is 54.1 Å². The number of benzene rings is 2. The molecular weight excluding hydrogens is 644 g/mol. The number of carbonyl (C=O) groups excluding carboxylic acids is 3. The molecule has 4 rings (SSSR count). The summed E-state index contributed by atoms with van der Waals surface area (Å²) >= 11 is 6.67. The maximum Gasteiger partial charge on any atom is 0.420 e. The Bertz CT molecular complexity index is 1830. The van der Waals surface area contributed by atoms with Gasteiger partial charge in [-0.2, -0.15) is 0 Å². The molecule has 11 nitrogen and oxygen atoms in total. The van der Waals surface area contributed by atoms with Crippen molar-refractivity contribution >= 4 is 44.6 Å². The fourth-order valence-electron chi connectivity index (χ4n) is 5.07. The van der Waals surface area contributed by atoms with E-state index in [1.807, 2.05) is 30.3 Å². The number of hydrogen-bond donors (Lipinski definition) is 1. The lowest BCUT2D eigenvalue weighted by Gasteiger charge is -2.30. The number of aromatic nitrogens is 2. The van der Waals surface area contributed by atoms with Crippen molar-refractivity contribution in [3.63, 3.8) is 0 Å². The smallest absolute Gasteiger partial charge is 0.420 e. The Balaban J connectivity index is 1.79. The van der Waals surface area contributed by atoms with Crippen LogP contribution in [0, 0.1) is 0 Å². The molecule has 3 aromatic rings. The molecule has 0 saturated heterocycles. The number of nitrogens with zero attached hydrogens (tertiary/aromatic N) is 3. The zero-order chi connectivity index (χ0) is 35.1. The van der Waals surface area contributed by atoms with Gasteiger partial charge in [0.2, 0.25) is 0 Å². The van der Waals surface area contributed by atoms with Crippen LogP contribution >= 0.6 is 11.6 Å². The van der Waals surface area contributed by atoms with Crippen molar-refractivity contribution in [1.29, 1.82) is 0 Å². The van der Waals surface area contributed by atoms with Crippen LogP contribution in [0.1, 0.15) is 85.3 Å². The number of alkyl carbamates (subject to hydrolysis) is 1. The zero-order valence-electron chi connectivity index (χ0n) is 28.0. The van der Waals surface area contributed by atoms with Crippen LogP contribution in [0.5, 0.6) is 0 Å². The Morgan fingerprint density at radius 2 is 1.55 bits per heavy atom. The van der Waals surface area contributed by atoms with E-state index in [2.05, 4.69) is 10.3 Å². The Labute approximate surface area is 281 Å². The Kier molecular flexibility index (Phi) is 9.72. The van der Waals surface area contributed by atoms with Gasteiger partial charge in [-0.25, -0.2) is 31.9 Å². The standard InChI is InChI=1S/C34H41ClN4O7S/c1-32(2,3)39-28(40)19-27(47(39,43)44)23-16-15-21(17-24(23)35)18-25(37-30(41)45-33(4,5)6)29-36-20-26(22-13-11-10-12-14-22)38(29)31(42)46-34(7,8)9/h10-17,19-20,25H,18H2,1-9H3,(H,37,41). The molecule has 0 aliphatic carbocycles. The van der Waals surface area contributed by atoms with Crippen LogP contribution in [0.2, 0.25) is 5.02 Å². The quantitative estimate of drug-likeness (QED) is 0.290. The van der Waals surface area contributed by atoms with Crippen LogP contribution in [0.15, 0.2) is 60.8 Å². The highest BCUT2D eigenvalue weighted by Gasteiger charge is 2.45. The molecule has 2 aromatic carbocycles. The molecule has 0 fully saturated rings. The predicted octanol–water partition coefficient (Wildman–Crippen LogP) is 7.11. The molecule has 13 heteroatoms. The SMILES string of the molecule is CC(C)(C)OC(=O)NC(Cc1ccc(C2=CC(=O)N(C(C)(C)C)S2(=O)=O)c(Cl)c1)c1ncc(-c2ccccc2)n1C(=O)OC(C)(C)C. The second-order valence-electron chi connectivity index (χ2n) is 14.2. The molecule has 2 amide bonds. The molecule has 252 valence electrons. The first kappa shape index (κ1) is 35.7. The molecule has 1 N–H and O–H groups in total. The highest BCUT2D eigenvalue weighted by Crippen LogP contribution is 2.39. The number of amides is 2. The summed E-state index contributed by atoms with van der Waals surface area (Å²) in [6, 6.07) is 12.9. The van der Waals surface area contributed by atoms with E-state index in [0.29, 0.717) is 16.8 Å². The van der Waals surface area contributed by atoms with E-state index >= 15 is 0 Å². The van der Waals surface area contributed by atoms with Crippen molar-refractivity contribution in [1.82, 2.24) is 19.2 Å². The fourth-order valence-corrected chi connectivity index (χ4v) is 7.35. The van der Waals surface area contributed by atoms with Crippen molar-refractivity contribution < 1.29 is 32.3 Å². The van der Waals surface area contributed by atoms with Crippen LogP contribution in [0.4, 0.5) is 9.59 Å². The molecule has 1 unspecified atom stereocenters. The van der Waals surface area contributed by atoms with E-state index in [1.54, 1.807) is 74.4 Å². The van der Waals surface area contributed by atoms with Crippen LogP contribution in [-0.4, -0.2) is 57.1 Å². The van der Waals surface area contributed by atoms with Crippen LogP contribution < -0.4 is 5.32 Å². The van der Waals surface area contributed by atoms with E-state index < -0.39 is 50.9 Å². The molecule has 47 heavy (non-hydrogen) atoms. The first-order valence-electron chi connectivity index (χ1n) is 15.0. The highest BCUT2D eigenvalue weighted by atomic mass is 35.5. The third-order valence-electron chi connectivity index (χ3n) is 6.76. The molecule has 0 spiro atoms. The third kappa shape index (κ3) is 8.23. The van der Waals surface area contributed by atoms with Crippen molar-refractivity contribution in [2.75, 3.05) is 0 Å². The number of imidazole rings is 1. The number of rotatable bonds is 6. The highest BCUT2D eigenvalue weighted by molar-refractivity contribution is 7.99. The molecule has 1 aromatic heterocycles. The molecule has 0 bridgehead atoms. The summed E-state index contributed by atoms with van der Waals surface area (Å²) in [6.45, 7) is 15.3. The summed E-state index contributed by atoms with van der Waals surface area (Å²) in [4.78, 5) is 43.9. The van der Waals surface area contributed by atoms with E-state index in [9.17, 15) is 22.8 Å². The van der Waals surface area contributed by atoms with Crippen molar-refractivity contribution in [2.45, 2.75) is 91.5 Å². The lowest BCUT2D eigenvalue weighted by atomic mass is 10.0. The Morgan fingerprint density at radius 3 is 2.09 bits per heavy atom. The van der Waals surface area contributed by atoms with E-state index in [4.69, 9.17) is 21.1 Å². The monoisotopic (exact) mass is 684 g/mol. The van der Waals surface area contributed by atoms with Crippen LogP contribution in [0.25, 0.3) is 16.2 Å². The number of sulfonamides is 1. The molecule has 1 aliphatic rings. The van der Waals surface area contributed by atoms with Crippen molar-refractivity contribution in [2.24, 2.45) is 0 Å². The normalized spacial score (nSPS) is 15.7. The number of ether oxygens (including phenoxy) is 2. The molecule has 2 heterocycles. The summed E-state index contributed by atoms with van der Waals surface area (Å²) in [5.74, 6) is -0.478. The minimum absolute atomic E-state index is 0.0755. The molecule has 1 atom stereocenters. The summed E-state index contributed by atoms with van der Waals surface area (Å²) in [7, 11) is -4.15. The summed E-state index contributed by atoms with van der Waals surface area (Å²) in [6.07, 6.45) is 1.24. The predicted molar refractivity (Wildman–Crippen MR) is 180 cm³/mol. The number of nitrogens with one attached hydrogen (secondary N) is 1. The average molecular weight is 685 g/mol. The van der Waals surface area contributed by atoms with E-state index in [0.717, 1.165) is 10.4 Å². The van der Waals surface area contributed by atoms with Gasteiger partial charge in [-0.3, -0.25) is 4.79 Å². The summed E-state index contributed by atoms with van der Waals surface area (Å²) < 4.78 is 40.2. The van der Waals surface area contributed by atoms with Gasteiger partial charge in [0.25, 0.3) is 15.9 Å². The summed E-state index contributed by atoms with van der Waals surface area (Å²) in [5, 5.41) is 2.92. The van der Waals surface area contributed by atoms with Gasteiger partial charge in [0.15, 0.2) is 0 Å². The lowest BCUT2D eigenvalue weighted by Crippen LogP contribution is -2.45. The second kappa shape index (κ2) is 12.8. The molecule has 1 aliphatic heterocycles. The van der Waals surface area contributed by atoms with Gasteiger partial charge in [-0.15, -0.1) is 0 Å². The number of carbonyl (C=O) groups is 3. The second-order valence-corrected chi connectivity index (χ2v) is 16.3. The van der Waals surface area contributed by atoms with Crippen LogP contribution in [-0.2, 0) is 30.7 Å². The first-order valence-corrected chi connectivity index (χ1v) is 16.9. The van der Waals surface area contributed by atoms with Gasteiger partial charge in [0, 0.05) is 28.6 Å². The van der Waals surface area contributed by atoms with Crippen molar-refractivity contribution in [3.8, 4) is 11.3 Å². The maximum absolute atomic E-state index is 13.7. The molecule has 0 saturated carbocycles. The largest absolute Gasteiger partial charge is 0.444 e. The van der Waals surface area contributed by atoms with Crippen LogP contribution in [0.3, 0.4) is 0 Å². The summed E-state index contributed by atoms with van der Waals surface area (Å²) in [5.41, 5.74) is -0.729. The molecule has 0 radical (unpaired) electrons. The fraction of sp³-hybridized carbons (Fsp3) is 0.412. The number of hydrogen-bond acceptors (Lipinski definition) is 8. The Morgan fingerprint density at radius 1 is 0.936 bits per heavy atom. The lowest BCUT2D eigenvalue weighted by molar-refractivity contribution is -0.123. The third-order valence-corrected chi connectivity index (χ3v) is 9.17. The van der Waals surface area contributed by atoms with E-state index in [1.165, 1.54) is 16.8 Å². The minimum atomic E-state index is -4.15. The molecular formula is C34H41ClN4O7S. The van der Waals surface area contributed by atoms with Crippen molar-refractivity contribution in [3.05, 3.63) is 82.8 Å². The minimum Gasteiger partial charge on any atom is -0.444 e. The average Bonchev–Trinajstić information content (AvgIpc) is 3.45.